The van der Waals surface area contributed by atoms with Gasteiger partial charge in [0.2, 0.25) is 10.0 Å². The zero-order valence-electron chi connectivity index (χ0n) is 12.4. The molecule has 3 atom stereocenters. The van der Waals surface area contributed by atoms with Gasteiger partial charge in [0.25, 0.3) is 0 Å². The first-order valence-corrected chi connectivity index (χ1v) is 9.42. The Kier molecular flexibility index (Phi) is 4.75. The lowest BCUT2D eigenvalue weighted by Crippen LogP contribution is -2.37. The van der Waals surface area contributed by atoms with Crippen LogP contribution in [0.1, 0.15) is 48.3 Å². The number of aryl methyl sites for hydroxylation is 1. The SMILES string of the molecule is CCC1CCC(NS(=O)(=O)c2cc(C)c(C(=O)O)s2)C1C. The Hall–Kier alpha value is -0.920. The lowest BCUT2D eigenvalue weighted by Gasteiger charge is -2.20. The average molecular weight is 331 g/mol. The largest absolute Gasteiger partial charge is 0.477 e. The van der Waals surface area contributed by atoms with Crippen molar-refractivity contribution in [3.8, 4) is 0 Å². The van der Waals surface area contributed by atoms with Crippen LogP contribution in [0.25, 0.3) is 0 Å². The van der Waals surface area contributed by atoms with Gasteiger partial charge in [-0.05, 0) is 43.2 Å². The van der Waals surface area contributed by atoms with Crippen LogP contribution in [-0.2, 0) is 10.0 Å². The number of carboxylic acids is 1. The fourth-order valence-electron chi connectivity index (χ4n) is 3.05. The van der Waals surface area contributed by atoms with Gasteiger partial charge in [-0.1, -0.05) is 20.3 Å². The lowest BCUT2D eigenvalue weighted by molar-refractivity contribution is 0.0701. The van der Waals surface area contributed by atoms with Crippen LogP contribution >= 0.6 is 11.3 Å². The number of rotatable bonds is 5. The second-order valence-corrected chi connectivity index (χ2v) is 8.71. The minimum absolute atomic E-state index is 0.0596. The normalized spacial score (nSPS) is 26.1. The standard InChI is InChI=1S/C14H21NO4S2/c1-4-10-5-6-11(9(10)3)15-21(18,19)12-7-8(2)13(20-12)14(16)17/h7,9-11,15H,4-6H2,1-3H3,(H,16,17). The third kappa shape index (κ3) is 3.30. The van der Waals surface area contributed by atoms with Gasteiger partial charge in [-0.25, -0.2) is 17.9 Å². The third-order valence-corrected chi connectivity index (χ3v) is 7.60. The zero-order valence-corrected chi connectivity index (χ0v) is 14.1. The maximum absolute atomic E-state index is 12.4. The molecule has 2 N–H and O–H groups in total. The summed E-state index contributed by atoms with van der Waals surface area (Å²) in [5.41, 5.74) is 0.485. The van der Waals surface area contributed by atoms with Crippen molar-refractivity contribution in [2.45, 2.75) is 50.3 Å². The molecular formula is C14H21NO4S2. The molecule has 0 bridgehead atoms. The first-order valence-electron chi connectivity index (χ1n) is 7.12. The van der Waals surface area contributed by atoms with E-state index in [9.17, 15) is 13.2 Å². The highest BCUT2D eigenvalue weighted by molar-refractivity contribution is 7.91. The monoisotopic (exact) mass is 331 g/mol. The van der Waals surface area contributed by atoms with E-state index in [4.69, 9.17) is 5.11 Å². The molecular weight excluding hydrogens is 310 g/mol. The fourth-order valence-corrected chi connectivity index (χ4v) is 5.80. The Labute approximate surface area is 129 Å². The highest BCUT2D eigenvalue weighted by Gasteiger charge is 2.35. The van der Waals surface area contributed by atoms with Crippen molar-refractivity contribution >= 4 is 27.3 Å². The molecule has 1 aliphatic rings. The summed E-state index contributed by atoms with van der Waals surface area (Å²) in [6.07, 6.45) is 2.93. The molecule has 0 aromatic carbocycles. The highest BCUT2D eigenvalue weighted by Crippen LogP contribution is 2.35. The predicted molar refractivity (Wildman–Crippen MR) is 82.3 cm³/mol. The third-order valence-electron chi connectivity index (χ3n) is 4.41. The van der Waals surface area contributed by atoms with Gasteiger partial charge in [0, 0.05) is 6.04 Å². The minimum atomic E-state index is -3.64. The Bertz CT molecular complexity index is 635. The van der Waals surface area contributed by atoms with E-state index >= 15 is 0 Å². The van der Waals surface area contributed by atoms with E-state index in [1.165, 1.54) is 6.07 Å². The van der Waals surface area contributed by atoms with Gasteiger partial charge in [-0.3, -0.25) is 0 Å². The summed E-state index contributed by atoms with van der Waals surface area (Å²) < 4.78 is 27.7. The number of carbonyl (C=O) groups is 1. The van der Waals surface area contributed by atoms with Crippen LogP contribution in [0.2, 0.25) is 0 Å². The molecule has 1 aromatic rings. The summed E-state index contributed by atoms with van der Waals surface area (Å²) >= 11 is 0.816. The summed E-state index contributed by atoms with van der Waals surface area (Å²) in [4.78, 5) is 11.1. The van der Waals surface area contributed by atoms with E-state index in [-0.39, 0.29) is 15.1 Å². The Morgan fingerprint density at radius 2 is 2.14 bits per heavy atom. The van der Waals surface area contributed by atoms with Crippen molar-refractivity contribution in [3.63, 3.8) is 0 Å². The Morgan fingerprint density at radius 3 is 2.62 bits per heavy atom. The molecule has 1 aromatic heterocycles. The summed E-state index contributed by atoms with van der Waals surface area (Å²) in [6.45, 7) is 5.82. The van der Waals surface area contributed by atoms with E-state index in [1.807, 2.05) is 0 Å². The van der Waals surface area contributed by atoms with E-state index < -0.39 is 16.0 Å². The number of thiophene rings is 1. The first-order chi connectivity index (χ1) is 9.76. The molecule has 21 heavy (non-hydrogen) atoms. The topological polar surface area (TPSA) is 83.5 Å². The van der Waals surface area contributed by atoms with E-state index in [2.05, 4.69) is 18.6 Å². The lowest BCUT2D eigenvalue weighted by atomic mass is 9.94. The van der Waals surface area contributed by atoms with Crippen molar-refractivity contribution in [1.29, 1.82) is 0 Å². The quantitative estimate of drug-likeness (QED) is 0.869. The smallest absolute Gasteiger partial charge is 0.346 e. The van der Waals surface area contributed by atoms with Crippen LogP contribution in [0, 0.1) is 18.8 Å². The molecule has 0 spiro atoms. The van der Waals surface area contributed by atoms with Crippen LogP contribution in [0.15, 0.2) is 10.3 Å². The summed E-state index contributed by atoms with van der Waals surface area (Å²) in [6, 6.07) is 1.38. The van der Waals surface area contributed by atoms with Gasteiger partial charge < -0.3 is 5.11 Å². The molecule has 118 valence electrons. The molecule has 3 unspecified atom stereocenters. The highest BCUT2D eigenvalue weighted by atomic mass is 32.2. The van der Waals surface area contributed by atoms with E-state index in [0.717, 1.165) is 30.6 Å². The molecule has 1 heterocycles. The molecule has 2 rings (SSSR count). The van der Waals surface area contributed by atoms with E-state index in [1.54, 1.807) is 6.92 Å². The molecule has 0 radical (unpaired) electrons. The molecule has 5 nitrogen and oxygen atoms in total. The number of hydrogen-bond acceptors (Lipinski definition) is 4. The number of sulfonamides is 1. The molecule has 1 saturated carbocycles. The zero-order chi connectivity index (χ0) is 15.8. The van der Waals surface area contributed by atoms with Crippen LogP contribution < -0.4 is 4.72 Å². The van der Waals surface area contributed by atoms with Crippen LogP contribution in [0.4, 0.5) is 0 Å². The molecule has 0 aliphatic heterocycles. The minimum Gasteiger partial charge on any atom is -0.477 e. The number of nitrogens with one attached hydrogen (secondary N) is 1. The Morgan fingerprint density at radius 1 is 1.48 bits per heavy atom. The number of hydrogen-bond donors (Lipinski definition) is 2. The molecule has 0 saturated heterocycles. The maximum atomic E-state index is 12.4. The van der Waals surface area contributed by atoms with Gasteiger partial charge in [0.15, 0.2) is 0 Å². The predicted octanol–water partition coefficient (Wildman–Crippen LogP) is 2.86. The van der Waals surface area contributed by atoms with Gasteiger partial charge in [0.1, 0.15) is 9.09 Å². The molecule has 0 amide bonds. The number of carboxylic acid groups (broad SMARTS) is 1. The second-order valence-electron chi connectivity index (χ2n) is 5.72. The molecule has 1 fully saturated rings. The number of aromatic carboxylic acids is 1. The summed E-state index contributed by atoms with van der Waals surface area (Å²) in [5, 5.41) is 9.03. The Balaban J connectivity index is 2.20. The van der Waals surface area contributed by atoms with Crippen molar-refractivity contribution in [3.05, 3.63) is 16.5 Å². The van der Waals surface area contributed by atoms with Gasteiger partial charge in [0.05, 0.1) is 0 Å². The van der Waals surface area contributed by atoms with Gasteiger partial charge in [-0.15, -0.1) is 11.3 Å². The van der Waals surface area contributed by atoms with Crippen LogP contribution in [0.5, 0.6) is 0 Å². The maximum Gasteiger partial charge on any atom is 0.346 e. The molecule has 1 aliphatic carbocycles. The van der Waals surface area contributed by atoms with Crippen LogP contribution in [0.3, 0.4) is 0 Å². The van der Waals surface area contributed by atoms with Crippen molar-refractivity contribution < 1.29 is 18.3 Å². The summed E-state index contributed by atoms with van der Waals surface area (Å²) in [7, 11) is -3.64. The first kappa shape index (κ1) is 16.5. The van der Waals surface area contributed by atoms with Gasteiger partial charge in [-0.2, -0.15) is 0 Å². The van der Waals surface area contributed by atoms with Crippen LogP contribution in [-0.4, -0.2) is 25.5 Å². The van der Waals surface area contributed by atoms with Crippen molar-refractivity contribution in [2.75, 3.05) is 0 Å². The van der Waals surface area contributed by atoms with Gasteiger partial charge >= 0.3 is 5.97 Å². The molecule has 7 heteroatoms. The second kappa shape index (κ2) is 6.06. The van der Waals surface area contributed by atoms with Crippen molar-refractivity contribution in [2.24, 2.45) is 11.8 Å². The summed E-state index contributed by atoms with van der Waals surface area (Å²) in [5.74, 6) is -0.221. The van der Waals surface area contributed by atoms with E-state index in [0.29, 0.717) is 17.4 Å². The van der Waals surface area contributed by atoms with Crippen molar-refractivity contribution in [1.82, 2.24) is 4.72 Å². The average Bonchev–Trinajstić information content (AvgIpc) is 2.94. The fraction of sp³-hybridized carbons (Fsp3) is 0.643.